The van der Waals surface area contributed by atoms with Crippen molar-refractivity contribution in [3.8, 4) is 61.6 Å². The molecule has 2 aliphatic heterocycles. The lowest BCUT2D eigenvalue weighted by Gasteiger charge is -2.45. The Hall–Kier alpha value is -14.4. The summed E-state index contributed by atoms with van der Waals surface area (Å²) in [6.45, 7) is 19.3. The van der Waals surface area contributed by atoms with E-state index in [0.717, 1.165) is 122 Å². The monoisotopic (exact) mass is 1570 g/mol. The van der Waals surface area contributed by atoms with E-state index in [9.17, 15) is 19.2 Å². The van der Waals surface area contributed by atoms with Gasteiger partial charge in [-0.3, -0.25) is 0 Å². The molecule has 0 saturated heterocycles. The predicted molar refractivity (Wildman–Crippen MR) is 516 cm³/mol. The van der Waals surface area contributed by atoms with Gasteiger partial charge in [0.25, 0.3) is 6.71 Å². The summed E-state index contributed by atoms with van der Waals surface area (Å²) in [6, 6.07) is 89.0. The van der Waals surface area contributed by atoms with Gasteiger partial charge < -0.3 is 28.4 Å². The van der Waals surface area contributed by atoms with Gasteiger partial charge in [-0.15, -0.1) is 0 Å². The standard InChI is InChI=1S/C114H91BN6/c1-112(2,3)80-52-59-103-95(65-80)96-66-81(113(4,5)6)53-60-104(96)119(103)89-72-108-110-109(73-89)121(111-93(76-38-20-12-21-39-76)67-82(114(7,8)9)68-94(111)77-40-22-13-23-41-77)107-71-87(118-102-51-33-30-48-92(102)97-69-85(56-61-105(97)118)116(83-42-24-14-25-43-83)84-44-26-15-27-45-84)55-58-99(107)115(110)98-57-54-86(117-100-49-31-28-46-90(100)91-47-29-32-50-101(91)117)70-106(98)120(108)88-63-78(74-34-16-10-17-35-74)62-79(64-88)75-36-18-11-19-37-75/h10-73H,1-9H3/i14D,24D,25D,28D,29D,30D,31D,32D,33D,42D,43D,46D,47D,48D,49D,50D,51D. The molecule has 5 heterocycles. The van der Waals surface area contributed by atoms with Crippen LogP contribution >= 0.6 is 0 Å². The maximum absolute atomic E-state index is 10.4. The van der Waals surface area contributed by atoms with Gasteiger partial charge in [0.05, 0.1) is 67.8 Å². The van der Waals surface area contributed by atoms with Crippen LogP contribution in [0.15, 0.2) is 388 Å². The summed E-state index contributed by atoms with van der Waals surface area (Å²) in [5.41, 5.74) is 20.6. The van der Waals surface area contributed by atoms with Gasteiger partial charge in [-0.05, 0) is 234 Å². The van der Waals surface area contributed by atoms with Crippen molar-refractivity contribution in [2.75, 3.05) is 14.7 Å². The molecule has 17 aromatic carbocycles. The minimum absolute atomic E-state index is 0.0517. The molecule has 580 valence electrons. The summed E-state index contributed by atoms with van der Waals surface area (Å²) in [7, 11) is 0. The smallest absolute Gasteiger partial charge is 0.252 e. The molecule has 0 radical (unpaired) electrons. The fourth-order valence-corrected chi connectivity index (χ4v) is 18.6. The van der Waals surface area contributed by atoms with E-state index >= 15 is 0 Å². The van der Waals surface area contributed by atoms with E-state index in [2.05, 4.69) is 240 Å². The van der Waals surface area contributed by atoms with Crippen molar-refractivity contribution in [2.45, 2.75) is 78.6 Å². The van der Waals surface area contributed by atoms with Crippen molar-refractivity contribution >= 4 is 140 Å². The number of hydrogen-bond donors (Lipinski definition) is 0. The van der Waals surface area contributed by atoms with Gasteiger partial charge in [0.15, 0.2) is 0 Å². The Morgan fingerprint density at radius 2 is 0.645 bits per heavy atom. The van der Waals surface area contributed by atoms with E-state index < -0.39 is 103 Å². The first kappa shape index (κ1) is 56.9. The Morgan fingerprint density at radius 3 is 1.12 bits per heavy atom. The van der Waals surface area contributed by atoms with Crippen LogP contribution in [-0.4, -0.2) is 20.4 Å². The Balaban J connectivity index is 0.942. The zero-order valence-electron chi connectivity index (χ0n) is 85.4. The number of fused-ring (bicyclic) bond motifs is 13. The minimum Gasteiger partial charge on any atom is -0.311 e. The molecule has 121 heavy (non-hydrogen) atoms. The third kappa shape index (κ3) is 12.1. The highest BCUT2D eigenvalue weighted by molar-refractivity contribution is 7.00. The van der Waals surface area contributed by atoms with Crippen molar-refractivity contribution in [2.24, 2.45) is 0 Å². The van der Waals surface area contributed by atoms with Gasteiger partial charge in [-0.1, -0.05) is 299 Å². The van der Waals surface area contributed by atoms with Crippen LogP contribution < -0.4 is 31.1 Å². The molecule has 0 bridgehead atoms. The zero-order chi connectivity index (χ0) is 96.5. The highest BCUT2D eigenvalue weighted by atomic mass is 15.2. The molecule has 6 nitrogen and oxygen atoms in total. The number of para-hydroxylation sites is 5. The molecule has 0 amide bonds. The summed E-state index contributed by atoms with van der Waals surface area (Å²) in [5, 5.41) is 2.44. The van der Waals surface area contributed by atoms with Crippen LogP contribution in [0.5, 0.6) is 0 Å². The molecule has 0 saturated carbocycles. The van der Waals surface area contributed by atoms with E-state index in [-0.39, 0.29) is 61.3 Å². The molecule has 22 rings (SSSR count). The van der Waals surface area contributed by atoms with Gasteiger partial charge in [0.1, 0.15) is 0 Å². The van der Waals surface area contributed by atoms with Gasteiger partial charge in [-0.2, -0.15) is 0 Å². The number of rotatable bonds is 12. The van der Waals surface area contributed by atoms with Gasteiger partial charge in [-0.25, -0.2) is 0 Å². The molecule has 0 aliphatic carbocycles. The molecular weight excluding hydrogens is 1460 g/mol. The molecule has 3 aromatic heterocycles. The third-order valence-corrected chi connectivity index (χ3v) is 24.5. The van der Waals surface area contributed by atoms with Crippen molar-refractivity contribution in [1.29, 1.82) is 0 Å². The lowest BCUT2D eigenvalue weighted by Crippen LogP contribution is -2.61. The Kier molecular flexibility index (Phi) is 13.2. The Labute approximate surface area is 732 Å². The van der Waals surface area contributed by atoms with Gasteiger partial charge >= 0.3 is 0 Å². The maximum Gasteiger partial charge on any atom is 0.252 e. The van der Waals surface area contributed by atoms with E-state index in [4.69, 9.17) is 4.11 Å². The lowest BCUT2D eigenvalue weighted by atomic mass is 9.33. The summed E-state index contributed by atoms with van der Waals surface area (Å²) in [4.78, 5) is 6.32. The SMILES string of the molecule is [2H]c1c([2H])c([2H])c(N(c2ccccc2)c2ccc3c(c2)c2c([2H])c([2H])c([2H])c([2H])c2n3-c2ccc3c(c2)N(c2c(-c4ccccc4)cc(C(C)(C)C)cc2-c2ccccc2)c2cc(-n4c5ccc(C(C)(C)C)cc5c5cc(C(C)(C)C)ccc54)cc4c2B3c2ccc(-n3c5c([2H])c([2H])c([2H])c([2H])c5c5c([2H])c([2H])c([2H])c([2H])c53)cc2N4c2cc(-c3ccccc3)cc(-c3ccccc3)c2)c([2H])c1[2H]. The predicted octanol–water partition coefficient (Wildman–Crippen LogP) is 29.1. The first-order valence-corrected chi connectivity index (χ1v) is 41.2. The fraction of sp³-hybridized carbons (Fsp3) is 0.105. The van der Waals surface area contributed by atoms with Crippen LogP contribution in [0.25, 0.3) is 127 Å². The third-order valence-electron chi connectivity index (χ3n) is 24.5. The normalized spacial score (nSPS) is 14.8. The summed E-state index contributed by atoms with van der Waals surface area (Å²) < 4.78 is 168. The molecule has 0 spiro atoms. The van der Waals surface area contributed by atoms with Crippen LogP contribution in [0.4, 0.5) is 51.2 Å². The minimum atomic E-state index is -0.789. The van der Waals surface area contributed by atoms with Crippen LogP contribution in [0.1, 0.15) is 102 Å². The molecule has 0 unspecified atom stereocenters. The van der Waals surface area contributed by atoms with E-state index in [1.165, 1.54) is 0 Å². The fourth-order valence-electron chi connectivity index (χ4n) is 18.6. The zero-order valence-corrected chi connectivity index (χ0v) is 68.4. The van der Waals surface area contributed by atoms with Crippen molar-refractivity contribution in [1.82, 2.24) is 13.7 Å². The summed E-state index contributed by atoms with van der Waals surface area (Å²) in [6.07, 6.45) is 0. The summed E-state index contributed by atoms with van der Waals surface area (Å²) >= 11 is 0. The second-order valence-electron chi connectivity index (χ2n) is 34.9. The highest BCUT2D eigenvalue weighted by Gasteiger charge is 2.46. The van der Waals surface area contributed by atoms with E-state index in [0.29, 0.717) is 50.7 Å². The first-order chi connectivity index (χ1) is 66.0. The maximum atomic E-state index is 10.4. The number of hydrogen-bond acceptors (Lipinski definition) is 3. The second-order valence-corrected chi connectivity index (χ2v) is 34.9. The van der Waals surface area contributed by atoms with Crippen LogP contribution in [0, 0.1) is 0 Å². The number of anilines is 9. The highest BCUT2D eigenvalue weighted by Crippen LogP contribution is 2.55. The number of aromatic nitrogens is 3. The lowest BCUT2D eigenvalue weighted by molar-refractivity contribution is 0.590. The largest absolute Gasteiger partial charge is 0.311 e. The van der Waals surface area contributed by atoms with Crippen molar-refractivity contribution in [3.63, 3.8) is 0 Å². The average Bonchev–Trinajstić information content (AvgIpc) is 1.01. The number of nitrogens with zero attached hydrogens (tertiary/aromatic N) is 6. The molecule has 7 heteroatoms. The van der Waals surface area contributed by atoms with Gasteiger partial charge in [0, 0.05) is 100 Å². The summed E-state index contributed by atoms with van der Waals surface area (Å²) in [5.74, 6) is 0. The second kappa shape index (κ2) is 28.2. The molecule has 20 aromatic rings. The van der Waals surface area contributed by atoms with E-state index in [1.807, 2.05) is 89.5 Å². The molecular formula is C114H91BN6. The molecule has 0 atom stereocenters. The number of benzene rings is 17. The van der Waals surface area contributed by atoms with Crippen molar-refractivity contribution < 1.29 is 23.3 Å². The topological polar surface area (TPSA) is 24.5 Å². The van der Waals surface area contributed by atoms with Crippen molar-refractivity contribution in [3.05, 3.63) is 405 Å². The molecule has 0 N–H and O–H groups in total. The average molecular weight is 1570 g/mol. The first-order valence-electron chi connectivity index (χ1n) is 49.7. The molecule has 0 fully saturated rings. The Bertz CT molecular complexity index is 8320. The van der Waals surface area contributed by atoms with Crippen LogP contribution in [0.2, 0.25) is 0 Å². The van der Waals surface area contributed by atoms with E-state index in [1.54, 1.807) is 45.9 Å². The van der Waals surface area contributed by atoms with Crippen LogP contribution in [0.3, 0.4) is 0 Å². The molecule has 2 aliphatic rings. The van der Waals surface area contributed by atoms with Crippen LogP contribution in [-0.2, 0) is 16.2 Å². The quantitative estimate of drug-likeness (QED) is 0.114. The van der Waals surface area contributed by atoms with Gasteiger partial charge in [0.2, 0.25) is 0 Å². The Morgan fingerprint density at radius 1 is 0.256 bits per heavy atom.